The van der Waals surface area contributed by atoms with Gasteiger partial charge in [-0.25, -0.2) is 4.39 Å². The summed E-state index contributed by atoms with van der Waals surface area (Å²) in [5.41, 5.74) is 1.62. The first-order chi connectivity index (χ1) is 13.1. The SMILES string of the molecule is CCn1c(SCc2ccc(F)cc2)nnc1[C@@H](C)NC(=O)c1ccccc1. The summed E-state index contributed by atoms with van der Waals surface area (Å²) in [4.78, 5) is 12.4. The molecule has 1 aromatic heterocycles. The molecule has 140 valence electrons. The molecular formula is C20H21FN4OS. The molecule has 0 saturated carbocycles. The molecule has 3 rings (SSSR count). The smallest absolute Gasteiger partial charge is 0.251 e. The Hall–Kier alpha value is -2.67. The Bertz CT molecular complexity index is 896. The van der Waals surface area contributed by atoms with E-state index in [0.717, 1.165) is 10.7 Å². The highest BCUT2D eigenvalue weighted by Crippen LogP contribution is 2.24. The van der Waals surface area contributed by atoms with E-state index in [1.165, 1.54) is 23.9 Å². The van der Waals surface area contributed by atoms with Gasteiger partial charge in [0.25, 0.3) is 5.91 Å². The van der Waals surface area contributed by atoms with Gasteiger partial charge in [0.2, 0.25) is 0 Å². The number of nitrogens with zero attached hydrogens (tertiary/aromatic N) is 3. The van der Waals surface area contributed by atoms with Crippen LogP contribution in [0.25, 0.3) is 0 Å². The second kappa shape index (κ2) is 8.81. The molecule has 5 nitrogen and oxygen atoms in total. The quantitative estimate of drug-likeness (QED) is 0.620. The number of nitrogens with one attached hydrogen (secondary N) is 1. The lowest BCUT2D eigenvalue weighted by Crippen LogP contribution is -2.28. The Kier molecular flexibility index (Phi) is 6.24. The van der Waals surface area contributed by atoms with Crippen molar-refractivity contribution in [2.75, 3.05) is 0 Å². The number of amides is 1. The number of aromatic nitrogens is 3. The van der Waals surface area contributed by atoms with Crippen LogP contribution in [0.1, 0.15) is 41.6 Å². The van der Waals surface area contributed by atoms with Crippen LogP contribution in [0.5, 0.6) is 0 Å². The van der Waals surface area contributed by atoms with Crippen LogP contribution in [-0.2, 0) is 12.3 Å². The Morgan fingerprint density at radius 3 is 2.52 bits per heavy atom. The van der Waals surface area contributed by atoms with Gasteiger partial charge in [0.05, 0.1) is 6.04 Å². The maximum absolute atomic E-state index is 13.0. The lowest BCUT2D eigenvalue weighted by atomic mass is 10.2. The molecule has 0 radical (unpaired) electrons. The van der Waals surface area contributed by atoms with Crippen LogP contribution in [0, 0.1) is 5.82 Å². The van der Waals surface area contributed by atoms with Gasteiger partial charge in [0.15, 0.2) is 11.0 Å². The molecule has 2 aromatic carbocycles. The predicted octanol–water partition coefficient (Wildman–Crippen LogP) is 4.22. The molecule has 0 aliphatic carbocycles. The Labute approximate surface area is 162 Å². The molecule has 0 saturated heterocycles. The highest BCUT2D eigenvalue weighted by Gasteiger charge is 2.19. The van der Waals surface area contributed by atoms with E-state index in [-0.39, 0.29) is 17.8 Å². The van der Waals surface area contributed by atoms with Gasteiger partial charge < -0.3 is 9.88 Å². The molecule has 0 aliphatic rings. The molecule has 3 aromatic rings. The fraction of sp³-hybridized carbons (Fsp3) is 0.250. The van der Waals surface area contributed by atoms with Crippen LogP contribution >= 0.6 is 11.8 Å². The van der Waals surface area contributed by atoms with Crippen molar-refractivity contribution in [2.24, 2.45) is 0 Å². The zero-order chi connectivity index (χ0) is 19.2. The molecular weight excluding hydrogens is 363 g/mol. The molecule has 0 unspecified atom stereocenters. The van der Waals surface area contributed by atoms with E-state index in [2.05, 4.69) is 15.5 Å². The second-order valence-corrected chi connectivity index (χ2v) is 7.00. The zero-order valence-electron chi connectivity index (χ0n) is 15.2. The van der Waals surface area contributed by atoms with Gasteiger partial charge >= 0.3 is 0 Å². The topological polar surface area (TPSA) is 59.8 Å². The second-order valence-electron chi connectivity index (χ2n) is 6.06. The van der Waals surface area contributed by atoms with Crippen LogP contribution in [0.2, 0.25) is 0 Å². The van der Waals surface area contributed by atoms with Crippen LogP contribution in [-0.4, -0.2) is 20.7 Å². The minimum atomic E-state index is -0.273. The standard InChI is InChI=1S/C20H21FN4OS/c1-3-25-18(14(2)22-19(26)16-7-5-4-6-8-16)23-24-20(25)27-13-15-9-11-17(21)12-10-15/h4-12,14H,3,13H2,1-2H3,(H,22,26)/t14-/m1/s1. The third kappa shape index (κ3) is 4.74. The van der Waals surface area contributed by atoms with Crippen LogP contribution in [0.4, 0.5) is 4.39 Å². The van der Waals surface area contributed by atoms with E-state index in [4.69, 9.17) is 0 Å². The monoisotopic (exact) mass is 384 g/mol. The first-order valence-corrected chi connectivity index (χ1v) is 9.73. The highest BCUT2D eigenvalue weighted by molar-refractivity contribution is 7.98. The Balaban J connectivity index is 1.69. The van der Waals surface area contributed by atoms with Gasteiger partial charge in [-0.05, 0) is 43.7 Å². The maximum atomic E-state index is 13.0. The molecule has 7 heteroatoms. The van der Waals surface area contributed by atoms with Crippen molar-refractivity contribution in [3.63, 3.8) is 0 Å². The van der Waals surface area contributed by atoms with E-state index in [1.54, 1.807) is 24.3 Å². The van der Waals surface area contributed by atoms with Crippen LogP contribution < -0.4 is 5.32 Å². The predicted molar refractivity (Wildman–Crippen MR) is 104 cm³/mol. The molecule has 27 heavy (non-hydrogen) atoms. The third-order valence-electron chi connectivity index (χ3n) is 4.11. The molecule has 0 aliphatic heterocycles. The summed E-state index contributed by atoms with van der Waals surface area (Å²) < 4.78 is 15.0. The normalized spacial score (nSPS) is 12.0. The summed E-state index contributed by atoms with van der Waals surface area (Å²) >= 11 is 1.54. The van der Waals surface area contributed by atoms with Crippen molar-refractivity contribution in [3.05, 3.63) is 77.4 Å². The molecule has 1 amide bonds. The summed E-state index contributed by atoms with van der Waals surface area (Å²) in [5.74, 6) is 0.992. The molecule has 0 fully saturated rings. The average Bonchev–Trinajstić information content (AvgIpc) is 3.11. The fourth-order valence-corrected chi connectivity index (χ4v) is 3.65. The van der Waals surface area contributed by atoms with Crippen molar-refractivity contribution in [2.45, 2.75) is 37.3 Å². The largest absolute Gasteiger partial charge is 0.342 e. The summed E-state index contributed by atoms with van der Waals surface area (Å²) in [6.45, 7) is 4.60. The van der Waals surface area contributed by atoms with Gasteiger partial charge in [-0.15, -0.1) is 10.2 Å². The lowest BCUT2D eigenvalue weighted by Gasteiger charge is -2.15. The number of halogens is 1. The first kappa shape index (κ1) is 19.1. The van der Waals surface area contributed by atoms with Crippen molar-refractivity contribution in [1.82, 2.24) is 20.1 Å². The first-order valence-electron chi connectivity index (χ1n) is 8.74. The molecule has 1 N–H and O–H groups in total. The van der Waals surface area contributed by atoms with Gasteiger partial charge in [-0.2, -0.15) is 0 Å². The van der Waals surface area contributed by atoms with Crippen molar-refractivity contribution in [3.8, 4) is 0 Å². The number of hydrogen-bond acceptors (Lipinski definition) is 4. The van der Waals surface area contributed by atoms with Gasteiger partial charge in [-0.3, -0.25) is 4.79 Å². The van der Waals surface area contributed by atoms with Crippen molar-refractivity contribution >= 4 is 17.7 Å². The maximum Gasteiger partial charge on any atom is 0.251 e. The van der Waals surface area contributed by atoms with Crippen LogP contribution in [0.15, 0.2) is 59.8 Å². The van der Waals surface area contributed by atoms with Gasteiger partial charge in [0, 0.05) is 17.9 Å². The highest BCUT2D eigenvalue weighted by atomic mass is 32.2. The number of benzene rings is 2. The minimum Gasteiger partial charge on any atom is -0.342 e. The van der Waals surface area contributed by atoms with Gasteiger partial charge in [0.1, 0.15) is 5.82 Å². The zero-order valence-corrected chi connectivity index (χ0v) is 16.0. The Morgan fingerprint density at radius 2 is 1.85 bits per heavy atom. The van der Waals surface area contributed by atoms with E-state index in [0.29, 0.717) is 23.7 Å². The number of thioether (sulfide) groups is 1. The van der Waals surface area contributed by atoms with E-state index >= 15 is 0 Å². The van der Waals surface area contributed by atoms with E-state index < -0.39 is 0 Å². The summed E-state index contributed by atoms with van der Waals surface area (Å²) in [6.07, 6.45) is 0. The molecule has 1 atom stereocenters. The summed E-state index contributed by atoms with van der Waals surface area (Å²) in [7, 11) is 0. The molecule has 0 spiro atoms. The van der Waals surface area contributed by atoms with E-state index in [9.17, 15) is 9.18 Å². The number of hydrogen-bond donors (Lipinski definition) is 1. The lowest BCUT2D eigenvalue weighted by molar-refractivity contribution is 0.0937. The summed E-state index contributed by atoms with van der Waals surface area (Å²) in [5, 5.41) is 12.3. The third-order valence-corrected chi connectivity index (χ3v) is 5.15. The average molecular weight is 384 g/mol. The number of carbonyl (C=O) groups excluding carboxylic acids is 1. The fourth-order valence-electron chi connectivity index (χ4n) is 2.69. The van der Waals surface area contributed by atoms with E-state index in [1.807, 2.05) is 36.6 Å². The van der Waals surface area contributed by atoms with Crippen molar-refractivity contribution in [1.29, 1.82) is 0 Å². The molecule has 0 bridgehead atoms. The Morgan fingerprint density at radius 1 is 1.15 bits per heavy atom. The van der Waals surface area contributed by atoms with Gasteiger partial charge in [-0.1, -0.05) is 42.1 Å². The number of rotatable bonds is 7. The van der Waals surface area contributed by atoms with Crippen LogP contribution in [0.3, 0.4) is 0 Å². The number of carbonyl (C=O) groups is 1. The summed E-state index contributed by atoms with van der Waals surface area (Å²) in [6, 6.07) is 15.2. The minimum absolute atomic E-state index is 0.144. The molecule has 1 heterocycles. The van der Waals surface area contributed by atoms with Crippen molar-refractivity contribution < 1.29 is 9.18 Å².